The Hall–Kier alpha value is -2.44. The van der Waals surface area contributed by atoms with Crippen molar-refractivity contribution in [3.8, 4) is 0 Å². The van der Waals surface area contributed by atoms with E-state index in [0.29, 0.717) is 11.2 Å². The van der Waals surface area contributed by atoms with Crippen LogP contribution in [0, 0.1) is 0 Å². The van der Waals surface area contributed by atoms with Crippen molar-refractivity contribution in [1.82, 2.24) is 24.4 Å². The number of aliphatic hydroxyl groups excluding tert-OH is 2. The summed E-state index contributed by atoms with van der Waals surface area (Å²) in [6.07, 6.45) is 5.87. The number of anilines is 1. The lowest BCUT2D eigenvalue weighted by molar-refractivity contribution is -0.111. The van der Waals surface area contributed by atoms with Crippen molar-refractivity contribution < 1.29 is 24.5 Å². The highest BCUT2D eigenvalue weighted by molar-refractivity contribution is 6.02. The molecule has 0 spiro atoms. The third-order valence-corrected chi connectivity index (χ3v) is 5.89. The summed E-state index contributed by atoms with van der Waals surface area (Å²) in [5, 5.41) is 23.7. The topological polar surface area (TPSA) is 135 Å². The zero-order valence-corrected chi connectivity index (χ0v) is 19.0. The van der Waals surface area contributed by atoms with E-state index in [2.05, 4.69) is 25.2 Å². The molecule has 11 nitrogen and oxygen atoms in total. The number of ether oxygens (including phenoxy) is 2. The second-order valence-electron chi connectivity index (χ2n) is 8.73. The van der Waals surface area contributed by atoms with Gasteiger partial charge in [0.2, 0.25) is 5.91 Å². The molecule has 4 rings (SSSR count). The second kappa shape index (κ2) is 10.7. The van der Waals surface area contributed by atoms with Crippen LogP contribution < -0.4 is 5.32 Å². The third kappa shape index (κ3) is 5.56. The SMILES string of the molecule is CC(C)OC[C@H]1O[C@@H](n2cnc3c(NC(=O)/C=C/CN4CCCCC4)ncnc32)[C@H](O)[C@@H]1O. The molecule has 0 aliphatic carbocycles. The Balaban J connectivity index is 1.44. The number of aromatic nitrogens is 4. The molecule has 2 saturated heterocycles. The number of hydrogen-bond acceptors (Lipinski definition) is 9. The predicted molar refractivity (Wildman–Crippen MR) is 120 cm³/mol. The van der Waals surface area contributed by atoms with E-state index in [1.165, 1.54) is 42.6 Å². The highest BCUT2D eigenvalue weighted by atomic mass is 16.6. The van der Waals surface area contributed by atoms with Gasteiger partial charge in [-0.15, -0.1) is 0 Å². The Morgan fingerprint density at radius 3 is 2.79 bits per heavy atom. The van der Waals surface area contributed by atoms with Crippen LogP contribution in [0.5, 0.6) is 0 Å². The van der Waals surface area contributed by atoms with E-state index in [9.17, 15) is 15.0 Å². The number of fused-ring (bicyclic) bond motifs is 1. The van der Waals surface area contributed by atoms with Crippen molar-refractivity contribution in [2.45, 2.75) is 63.8 Å². The van der Waals surface area contributed by atoms with Crippen LogP contribution in [0.1, 0.15) is 39.3 Å². The molecule has 2 aliphatic heterocycles. The molecule has 11 heteroatoms. The average Bonchev–Trinajstić information content (AvgIpc) is 3.35. The summed E-state index contributed by atoms with van der Waals surface area (Å²) < 4.78 is 12.9. The molecule has 0 bridgehead atoms. The number of amides is 1. The van der Waals surface area contributed by atoms with Gasteiger partial charge in [0, 0.05) is 12.6 Å². The summed E-state index contributed by atoms with van der Waals surface area (Å²) >= 11 is 0. The van der Waals surface area contributed by atoms with Gasteiger partial charge in [0.1, 0.15) is 24.6 Å². The van der Waals surface area contributed by atoms with Gasteiger partial charge in [-0.2, -0.15) is 0 Å². The van der Waals surface area contributed by atoms with Crippen molar-refractivity contribution in [2.24, 2.45) is 0 Å². The molecule has 0 aromatic carbocycles. The lowest BCUT2D eigenvalue weighted by atomic mass is 10.1. The summed E-state index contributed by atoms with van der Waals surface area (Å²) in [6.45, 7) is 6.78. The van der Waals surface area contributed by atoms with Crippen LogP contribution in [0.4, 0.5) is 5.82 Å². The number of piperidine rings is 1. The molecule has 0 radical (unpaired) electrons. The van der Waals surface area contributed by atoms with Gasteiger partial charge in [-0.1, -0.05) is 12.5 Å². The molecule has 2 aromatic rings. The molecule has 0 saturated carbocycles. The fraction of sp³-hybridized carbons (Fsp3) is 0.636. The molecule has 4 heterocycles. The van der Waals surface area contributed by atoms with E-state index in [1.807, 2.05) is 19.9 Å². The first-order chi connectivity index (χ1) is 15.9. The number of nitrogens with zero attached hydrogens (tertiary/aromatic N) is 5. The molecule has 33 heavy (non-hydrogen) atoms. The highest BCUT2D eigenvalue weighted by Gasteiger charge is 2.44. The van der Waals surface area contributed by atoms with Crippen LogP contribution in [0.3, 0.4) is 0 Å². The first-order valence-electron chi connectivity index (χ1n) is 11.4. The van der Waals surface area contributed by atoms with E-state index < -0.39 is 24.5 Å². The van der Waals surface area contributed by atoms with E-state index in [1.54, 1.807) is 0 Å². The van der Waals surface area contributed by atoms with Gasteiger partial charge < -0.3 is 25.0 Å². The van der Waals surface area contributed by atoms with Gasteiger partial charge in [0.25, 0.3) is 0 Å². The van der Waals surface area contributed by atoms with Gasteiger partial charge in [-0.05, 0) is 39.8 Å². The molecular weight excluding hydrogens is 428 g/mol. The number of nitrogens with one attached hydrogen (secondary N) is 1. The Kier molecular flexibility index (Phi) is 7.66. The average molecular weight is 461 g/mol. The molecular formula is C22H32N6O5. The number of rotatable bonds is 8. The van der Waals surface area contributed by atoms with E-state index in [4.69, 9.17) is 9.47 Å². The minimum absolute atomic E-state index is 0.0288. The van der Waals surface area contributed by atoms with Crippen molar-refractivity contribution in [1.29, 1.82) is 0 Å². The summed E-state index contributed by atoms with van der Waals surface area (Å²) in [5.74, 6) is -0.0425. The van der Waals surface area contributed by atoms with Gasteiger partial charge in [0.05, 0.1) is 19.0 Å². The first kappa shape index (κ1) is 23.7. The van der Waals surface area contributed by atoms with Crippen LogP contribution in [0.15, 0.2) is 24.8 Å². The normalized spacial score (nSPS) is 26.6. The maximum absolute atomic E-state index is 12.4. The van der Waals surface area contributed by atoms with Crippen LogP contribution in [-0.4, -0.2) is 91.2 Å². The summed E-state index contributed by atoms with van der Waals surface area (Å²) in [7, 11) is 0. The Labute approximate surface area is 192 Å². The third-order valence-electron chi connectivity index (χ3n) is 5.89. The maximum atomic E-state index is 12.4. The molecule has 1 amide bonds. The Bertz CT molecular complexity index is 973. The number of aliphatic hydroxyl groups is 2. The fourth-order valence-corrected chi connectivity index (χ4v) is 4.12. The zero-order valence-electron chi connectivity index (χ0n) is 19.0. The molecule has 2 fully saturated rings. The number of carbonyl (C=O) groups is 1. The Morgan fingerprint density at radius 1 is 1.24 bits per heavy atom. The first-order valence-corrected chi connectivity index (χ1v) is 11.4. The minimum atomic E-state index is -1.19. The van der Waals surface area contributed by atoms with E-state index in [-0.39, 0.29) is 24.4 Å². The standard InChI is InChI=1S/C22H32N6O5/c1-14(2)32-11-15-18(30)19(31)22(33-15)28-13-25-17-20(23-12-24-21(17)28)26-16(29)7-6-10-27-8-4-3-5-9-27/h6-7,12-15,18-19,22,30-31H,3-5,8-11H2,1-2H3,(H,23,24,26,29)/b7-6+/t15-,18-,19-,22-/m1/s1. The van der Waals surface area contributed by atoms with Crippen molar-refractivity contribution in [2.75, 3.05) is 31.6 Å². The fourth-order valence-electron chi connectivity index (χ4n) is 4.12. The monoisotopic (exact) mass is 460 g/mol. The minimum Gasteiger partial charge on any atom is -0.387 e. The molecule has 0 unspecified atom stereocenters. The van der Waals surface area contributed by atoms with Crippen LogP contribution in [0.25, 0.3) is 11.2 Å². The zero-order chi connectivity index (χ0) is 23.4. The summed E-state index contributed by atoms with van der Waals surface area (Å²) in [6, 6.07) is 0. The number of carbonyl (C=O) groups excluding carboxylic acids is 1. The maximum Gasteiger partial charge on any atom is 0.249 e. The second-order valence-corrected chi connectivity index (χ2v) is 8.73. The van der Waals surface area contributed by atoms with Gasteiger partial charge in [0.15, 0.2) is 23.2 Å². The quantitative estimate of drug-likeness (QED) is 0.490. The number of hydrogen-bond donors (Lipinski definition) is 3. The molecule has 180 valence electrons. The van der Waals surface area contributed by atoms with Crippen molar-refractivity contribution in [3.05, 3.63) is 24.8 Å². The van der Waals surface area contributed by atoms with Crippen molar-refractivity contribution in [3.63, 3.8) is 0 Å². The highest BCUT2D eigenvalue weighted by Crippen LogP contribution is 2.32. The Morgan fingerprint density at radius 2 is 2.03 bits per heavy atom. The summed E-state index contributed by atoms with van der Waals surface area (Å²) in [4.78, 5) is 27.4. The van der Waals surface area contributed by atoms with Crippen molar-refractivity contribution >= 4 is 22.9 Å². The van der Waals surface area contributed by atoms with E-state index >= 15 is 0 Å². The van der Waals surface area contributed by atoms with E-state index in [0.717, 1.165) is 19.6 Å². The van der Waals surface area contributed by atoms with Crippen LogP contribution in [0.2, 0.25) is 0 Å². The number of likely N-dealkylation sites (tertiary alicyclic amines) is 1. The van der Waals surface area contributed by atoms with Gasteiger partial charge in [-0.25, -0.2) is 15.0 Å². The lowest BCUT2D eigenvalue weighted by Crippen LogP contribution is -2.34. The predicted octanol–water partition coefficient (Wildman–Crippen LogP) is 0.851. The molecule has 3 N–H and O–H groups in total. The van der Waals surface area contributed by atoms with Gasteiger partial charge >= 0.3 is 0 Å². The van der Waals surface area contributed by atoms with Crippen LogP contribution >= 0.6 is 0 Å². The smallest absolute Gasteiger partial charge is 0.249 e. The van der Waals surface area contributed by atoms with Crippen LogP contribution in [-0.2, 0) is 14.3 Å². The van der Waals surface area contributed by atoms with Gasteiger partial charge in [-0.3, -0.25) is 14.3 Å². The largest absolute Gasteiger partial charge is 0.387 e. The summed E-state index contributed by atoms with van der Waals surface area (Å²) in [5.41, 5.74) is 0.738. The number of imidazole rings is 1. The molecule has 2 aromatic heterocycles. The molecule has 2 aliphatic rings. The lowest BCUT2D eigenvalue weighted by Gasteiger charge is -2.24. The molecule has 4 atom stereocenters.